The number of rotatable bonds is 7. The van der Waals surface area contributed by atoms with Crippen molar-refractivity contribution in [1.82, 2.24) is 10.6 Å². The summed E-state index contributed by atoms with van der Waals surface area (Å²) in [5.74, 6) is 0. The summed E-state index contributed by atoms with van der Waals surface area (Å²) in [7, 11) is 0. The minimum Gasteiger partial charge on any atom is -0.391 e. The molecule has 2 aliphatic carbocycles. The maximum Gasteiger partial charge on any atom is 0.315 e. The highest BCUT2D eigenvalue weighted by molar-refractivity contribution is 5.74. The van der Waals surface area contributed by atoms with Crippen LogP contribution in [0.15, 0.2) is 0 Å². The number of ether oxygens (including phenoxy) is 1. The number of aliphatic hydroxyl groups is 1. The van der Waals surface area contributed by atoms with E-state index in [9.17, 15) is 9.90 Å². The molecule has 2 aliphatic rings. The molecule has 0 aliphatic heterocycles. The van der Waals surface area contributed by atoms with Gasteiger partial charge in [0.2, 0.25) is 0 Å². The van der Waals surface area contributed by atoms with Crippen molar-refractivity contribution in [2.45, 2.75) is 70.6 Å². The van der Waals surface area contributed by atoms with E-state index in [0.29, 0.717) is 12.6 Å². The summed E-state index contributed by atoms with van der Waals surface area (Å²) in [5.41, 5.74) is 0.190. The Balaban J connectivity index is 1.72. The molecule has 20 heavy (non-hydrogen) atoms. The molecule has 2 fully saturated rings. The van der Waals surface area contributed by atoms with E-state index in [-0.39, 0.29) is 17.5 Å². The molecule has 5 nitrogen and oxygen atoms in total. The van der Waals surface area contributed by atoms with Crippen LogP contribution in [-0.4, -0.2) is 42.5 Å². The monoisotopic (exact) mass is 284 g/mol. The average Bonchev–Trinajstić information content (AvgIpc) is 2.33. The molecule has 3 atom stereocenters. The van der Waals surface area contributed by atoms with Crippen LogP contribution in [0.4, 0.5) is 4.79 Å². The molecule has 2 rings (SSSR count). The van der Waals surface area contributed by atoms with Gasteiger partial charge in [0, 0.05) is 24.6 Å². The molecule has 2 saturated carbocycles. The summed E-state index contributed by atoms with van der Waals surface area (Å²) >= 11 is 0. The summed E-state index contributed by atoms with van der Waals surface area (Å²) in [6.07, 6.45) is 5.98. The molecule has 2 amide bonds. The molecule has 1 spiro atoms. The van der Waals surface area contributed by atoms with Crippen LogP contribution in [0.3, 0.4) is 0 Å². The van der Waals surface area contributed by atoms with Crippen LogP contribution in [0, 0.1) is 5.41 Å². The van der Waals surface area contributed by atoms with Crippen molar-refractivity contribution in [1.29, 1.82) is 0 Å². The Kier molecular flexibility index (Phi) is 5.27. The van der Waals surface area contributed by atoms with Gasteiger partial charge in [-0.3, -0.25) is 0 Å². The standard InChI is InChI=1S/C15H28N2O3/c1-3-6-11(18)10-16-14(19)17-12-9-13(20-4-2)15(12)7-5-8-15/h11-13,18H,3-10H2,1-2H3,(H2,16,17,19). The smallest absolute Gasteiger partial charge is 0.315 e. The van der Waals surface area contributed by atoms with Gasteiger partial charge in [-0.25, -0.2) is 4.79 Å². The molecule has 0 radical (unpaired) electrons. The molecule has 0 saturated heterocycles. The fourth-order valence-corrected chi connectivity index (χ4v) is 3.50. The van der Waals surface area contributed by atoms with Crippen LogP contribution < -0.4 is 10.6 Å². The fourth-order valence-electron chi connectivity index (χ4n) is 3.50. The molecule has 0 aromatic heterocycles. The third-order valence-electron chi connectivity index (χ3n) is 4.86. The number of aliphatic hydroxyl groups excluding tert-OH is 1. The molecular formula is C15H28N2O3. The normalized spacial score (nSPS) is 28.4. The summed E-state index contributed by atoms with van der Waals surface area (Å²) < 4.78 is 5.77. The summed E-state index contributed by atoms with van der Waals surface area (Å²) in [5, 5.41) is 15.4. The first kappa shape index (κ1) is 15.6. The van der Waals surface area contributed by atoms with Crippen molar-refractivity contribution < 1.29 is 14.6 Å². The number of urea groups is 1. The van der Waals surface area contributed by atoms with Crippen LogP contribution >= 0.6 is 0 Å². The van der Waals surface area contributed by atoms with E-state index in [2.05, 4.69) is 10.6 Å². The van der Waals surface area contributed by atoms with Crippen molar-refractivity contribution in [3.05, 3.63) is 0 Å². The fraction of sp³-hybridized carbons (Fsp3) is 0.933. The lowest BCUT2D eigenvalue weighted by Gasteiger charge is -2.60. The highest BCUT2D eigenvalue weighted by atomic mass is 16.5. The minimum absolute atomic E-state index is 0.161. The molecule has 3 N–H and O–H groups in total. The summed E-state index contributed by atoms with van der Waals surface area (Å²) in [4.78, 5) is 11.9. The van der Waals surface area contributed by atoms with Gasteiger partial charge in [0.15, 0.2) is 0 Å². The molecule has 116 valence electrons. The van der Waals surface area contributed by atoms with E-state index in [0.717, 1.165) is 38.7 Å². The molecule has 0 bridgehead atoms. The minimum atomic E-state index is -0.444. The van der Waals surface area contributed by atoms with Crippen molar-refractivity contribution in [2.24, 2.45) is 5.41 Å². The third-order valence-corrected chi connectivity index (χ3v) is 4.86. The maximum absolute atomic E-state index is 11.9. The second-order valence-electron chi connectivity index (χ2n) is 6.12. The van der Waals surface area contributed by atoms with Crippen molar-refractivity contribution in [3.8, 4) is 0 Å². The summed E-state index contributed by atoms with van der Waals surface area (Å²) in [6.45, 7) is 5.11. The first-order valence-corrected chi connectivity index (χ1v) is 7.96. The molecule has 0 aromatic rings. The number of carbonyl (C=O) groups excluding carboxylic acids is 1. The van der Waals surface area contributed by atoms with E-state index in [4.69, 9.17) is 4.74 Å². The van der Waals surface area contributed by atoms with Crippen molar-refractivity contribution in [3.63, 3.8) is 0 Å². The largest absolute Gasteiger partial charge is 0.391 e. The van der Waals surface area contributed by atoms with Crippen LogP contribution in [0.1, 0.15) is 52.4 Å². The van der Waals surface area contributed by atoms with E-state index in [1.165, 1.54) is 6.42 Å². The van der Waals surface area contributed by atoms with E-state index >= 15 is 0 Å². The summed E-state index contributed by atoms with van der Waals surface area (Å²) in [6, 6.07) is 0.0718. The molecule has 5 heteroatoms. The Bertz CT molecular complexity index is 331. The van der Waals surface area contributed by atoms with Gasteiger partial charge in [-0.15, -0.1) is 0 Å². The Morgan fingerprint density at radius 3 is 2.75 bits per heavy atom. The lowest BCUT2D eigenvalue weighted by atomic mass is 9.51. The topological polar surface area (TPSA) is 70.6 Å². The van der Waals surface area contributed by atoms with Crippen molar-refractivity contribution >= 4 is 6.03 Å². The second-order valence-corrected chi connectivity index (χ2v) is 6.12. The Labute approximate surface area is 121 Å². The van der Waals surface area contributed by atoms with Gasteiger partial charge in [-0.1, -0.05) is 19.8 Å². The molecule has 0 heterocycles. The van der Waals surface area contributed by atoms with Gasteiger partial charge < -0.3 is 20.5 Å². The first-order valence-electron chi connectivity index (χ1n) is 7.96. The van der Waals surface area contributed by atoms with Gasteiger partial charge in [0.1, 0.15) is 0 Å². The van der Waals surface area contributed by atoms with E-state index < -0.39 is 6.10 Å². The van der Waals surface area contributed by atoms with Crippen molar-refractivity contribution in [2.75, 3.05) is 13.2 Å². The Morgan fingerprint density at radius 1 is 1.45 bits per heavy atom. The second kappa shape index (κ2) is 6.76. The SMILES string of the molecule is CCCC(O)CNC(=O)NC1CC(OCC)C12CCC2. The number of carbonyl (C=O) groups is 1. The molecule has 3 unspecified atom stereocenters. The van der Waals surface area contributed by atoms with Crippen LogP contribution in [0.2, 0.25) is 0 Å². The number of nitrogens with one attached hydrogen (secondary N) is 2. The zero-order valence-corrected chi connectivity index (χ0v) is 12.7. The van der Waals surface area contributed by atoms with Gasteiger partial charge in [-0.2, -0.15) is 0 Å². The van der Waals surface area contributed by atoms with Crippen LogP contribution in [0.25, 0.3) is 0 Å². The number of amides is 2. The van der Waals surface area contributed by atoms with E-state index in [1.54, 1.807) is 0 Å². The van der Waals surface area contributed by atoms with Gasteiger partial charge in [-0.05, 0) is 32.6 Å². The predicted molar refractivity (Wildman–Crippen MR) is 77.6 cm³/mol. The van der Waals surface area contributed by atoms with Gasteiger partial charge >= 0.3 is 6.03 Å². The molecular weight excluding hydrogens is 256 g/mol. The Hall–Kier alpha value is -0.810. The number of hydrogen-bond donors (Lipinski definition) is 3. The zero-order chi connectivity index (χ0) is 14.6. The average molecular weight is 284 g/mol. The molecule has 0 aromatic carbocycles. The van der Waals surface area contributed by atoms with Gasteiger partial charge in [0.05, 0.1) is 12.2 Å². The Morgan fingerprint density at radius 2 is 2.20 bits per heavy atom. The van der Waals surface area contributed by atoms with Gasteiger partial charge in [0.25, 0.3) is 0 Å². The number of hydrogen-bond acceptors (Lipinski definition) is 3. The zero-order valence-electron chi connectivity index (χ0n) is 12.7. The van der Waals surface area contributed by atoms with Crippen LogP contribution in [0.5, 0.6) is 0 Å². The van der Waals surface area contributed by atoms with E-state index in [1.807, 2.05) is 13.8 Å². The lowest BCUT2D eigenvalue weighted by molar-refractivity contribution is -0.169. The predicted octanol–water partition coefficient (Wildman–Crippen LogP) is 1.79. The van der Waals surface area contributed by atoms with Crippen LogP contribution in [-0.2, 0) is 4.74 Å². The lowest BCUT2D eigenvalue weighted by Crippen LogP contribution is -2.68. The maximum atomic E-state index is 11.9. The first-order chi connectivity index (χ1) is 9.62. The highest BCUT2D eigenvalue weighted by Crippen LogP contribution is 2.57. The third kappa shape index (κ3) is 3.09. The highest BCUT2D eigenvalue weighted by Gasteiger charge is 2.59. The quantitative estimate of drug-likeness (QED) is 0.667.